The van der Waals surface area contributed by atoms with Crippen LogP contribution in [0.3, 0.4) is 0 Å². The summed E-state index contributed by atoms with van der Waals surface area (Å²) in [6.07, 6.45) is 4.04. The molecule has 0 unspecified atom stereocenters. The standard InChI is InChI=1S/C32H34FNO5/c1-18-8-23(39-17-32(3)15-37-16-32)9-19(2)30(18)24-6-7-27(33)31-20(4-5-25(24)31)10-22-12-28-26(13-34-22)21(14-38-28)11-29(35)36/h6-9,12-13,20-21H,4-5,10-11,14-17H2,1-3H3,(H,35,36)/t20-,21+/m0/s1. The number of rotatable bonds is 8. The molecule has 3 aromatic rings. The van der Waals surface area contributed by atoms with Crippen molar-refractivity contribution >= 4 is 5.97 Å². The number of benzene rings is 2. The lowest BCUT2D eigenvalue weighted by atomic mass is 9.88. The summed E-state index contributed by atoms with van der Waals surface area (Å²) < 4.78 is 32.6. The van der Waals surface area contributed by atoms with Gasteiger partial charge in [-0.15, -0.1) is 0 Å². The van der Waals surface area contributed by atoms with E-state index in [1.54, 1.807) is 12.3 Å². The Morgan fingerprint density at radius 3 is 2.64 bits per heavy atom. The third kappa shape index (κ3) is 4.89. The van der Waals surface area contributed by atoms with Crippen LogP contribution in [0, 0.1) is 25.1 Å². The second-order valence-electron chi connectivity index (χ2n) is 11.8. The Bertz CT molecular complexity index is 1420. The Hall–Kier alpha value is -3.45. The summed E-state index contributed by atoms with van der Waals surface area (Å²) in [7, 11) is 0. The molecule has 1 aliphatic carbocycles. The molecule has 7 heteroatoms. The zero-order valence-electron chi connectivity index (χ0n) is 22.7. The van der Waals surface area contributed by atoms with Crippen LogP contribution in [0.15, 0.2) is 36.5 Å². The molecule has 1 fully saturated rings. The first-order valence-corrected chi connectivity index (χ1v) is 13.7. The van der Waals surface area contributed by atoms with Gasteiger partial charge in [-0.2, -0.15) is 0 Å². The fourth-order valence-electron chi connectivity index (χ4n) is 6.41. The van der Waals surface area contributed by atoms with Gasteiger partial charge in [-0.1, -0.05) is 13.0 Å². The van der Waals surface area contributed by atoms with Crippen molar-refractivity contribution in [3.63, 3.8) is 0 Å². The monoisotopic (exact) mass is 531 g/mol. The molecule has 1 aromatic heterocycles. The third-order valence-corrected chi connectivity index (χ3v) is 8.43. The second-order valence-corrected chi connectivity index (χ2v) is 11.8. The number of hydrogen-bond donors (Lipinski definition) is 1. The van der Waals surface area contributed by atoms with Crippen LogP contribution < -0.4 is 9.47 Å². The van der Waals surface area contributed by atoms with Crippen LogP contribution in [0.25, 0.3) is 11.1 Å². The van der Waals surface area contributed by atoms with E-state index < -0.39 is 5.97 Å². The van der Waals surface area contributed by atoms with Gasteiger partial charge in [-0.05, 0) is 90.6 Å². The fraction of sp³-hybridized carbons (Fsp3) is 0.438. The van der Waals surface area contributed by atoms with Crippen molar-refractivity contribution in [3.05, 3.63) is 75.9 Å². The topological polar surface area (TPSA) is 77.9 Å². The second kappa shape index (κ2) is 9.94. The van der Waals surface area contributed by atoms with E-state index in [1.807, 2.05) is 12.1 Å². The molecule has 1 N–H and O–H groups in total. The SMILES string of the molecule is Cc1cc(OCC2(C)COC2)cc(C)c1-c1ccc(F)c2c1CC[C@H]2Cc1cc2c(cn1)[C@H](CC(=O)O)CO2. The normalized spacial score (nSPS) is 20.6. The molecule has 2 aliphatic heterocycles. The first kappa shape index (κ1) is 25.8. The first-order valence-electron chi connectivity index (χ1n) is 13.7. The lowest BCUT2D eigenvalue weighted by Gasteiger charge is -2.37. The van der Waals surface area contributed by atoms with Crippen LogP contribution in [0.5, 0.6) is 11.5 Å². The van der Waals surface area contributed by atoms with Gasteiger partial charge in [0.15, 0.2) is 0 Å². The van der Waals surface area contributed by atoms with E-state index in [1.165, 1.54) is 0 Å². The summed E-state index contributed by atoms with van der Waals surface area (Å²) in [5, 5.41) is 9.16. The van der Waals surface area contributed by atoms with E-state index in [4.69, 9.17) is 19.3 Å². The van der Waals surface area contributed by atoms with Crippen molar-refractivity contribution in [2.75, 3.05) is 26.4 Å². The largest absolute Gasteiger partial charge is 0.493 e. The highest BCUT2D eigenvalue weighted by molar-refractivity contribution is 5.76. The Labute approximate surface area is 228 Å². The Kier molecular flexibility index (Phi) is 6.58. The van der Waals surface area contributed by atoms with Crippen LogP contribution in [0.4, 0.5) is 4.39 Å². The molecular formula is C32H34FNO5. The van der Waals surface area contributed by atoms with Gasteiger partial charge in [-0.3, -0.25) is 9.78 Å². The molecular weight excluding hydrogens is 497 g/mol. The van der Waals surface area contributed by atoms with E-state index >= 15 is 4.39 Å². The van der Waals surface area contributed by atoms with E-state index in [0.29, 0.717) is 25.4 Å². The van der Waals surface area contributed by atoms with Gasteiger partial charge in [0, 0.05) is 34.9 Å². The predicted molar refractivity (Wildman–Crippen MR) is 145 cm³/mol. The number of halogens is 1. The summed E-state index contributed by atoms with van der Waals surface area (Å²) >= 11 is 0. The van der Waals surface area contributed by atoms with Crippen LogP contribution in [0.1, 0.15) is 65.1 Å². The third-order valence-electron chi connectivity index (χ3n) is 8.43. The molecule has 2 aromatic carbocycles. The van der Waals surface area contributed by atoms with Crippen LogP contribution in [-0.2, 0) is 22.4 Å². The van der Waals surface area contributed by atoms with E-state index in [0.717, 1.165) is 76.4 Å². The molecule has 2 atom stereocenters. The number of ether oxygens (including phenoxy) is 3. The smallest absolute Gasteiger partial charge is 0.304 e. The molecule has 0 saturated carbocycles. The van der Waals surface area contributed by atoms with Crippen molar-refractivity contribution in [3.8, 4) is 22.6 Å². The summed E-state index contributed by atoms with van der Waals surface area (Å²) in [5.74, 6) is 0.391. The number of aryl methyl sites for hydroxylation is 2. The lowest BCUT2D eigenvalue weighted by molar-refractivity contribution is -0.137. The molecule has 0 radical (unpaired) electrons. The maximum Gasteiger partial charge on any atom is 0.304 e. The van der Waals surface area contributed by atoms with E-state index in [-0.39, 0.29) is 29.5 Å². The number of carboxylic acids is 1. The molecule has 39 heavy (non-hydrogen) atoms. The number of carboxylic acid groups (broad SMARTS) is 1. The van der Waals surface area contributed by atoms with Crippen LogP contribution in [0.2, 0.25) is 0 Å². The van der Waals surface area contributed by atoms with E-state index in [9.17, 15) is 4.79 Å². The molecule has 1 saturated heterocycles. The maximum atomic E-state index is 15.3. The zero-order valence-corrected chi connectivity index (χ0v) is 22.7. The van der Waals surface area contributed by atoms with Crippen molar-refractivity contribution in [1.29, 1.82) is 0 Å². The molecule has 6 rings (SSSR count). The Balaban J connectivity index is 1.25. The molecule has 3 aliphatic rings. The average molecular weight is 532 g/mol. The lowest BCUT2D eigenvalue weighted by Crippen LogP contribution is -2.44. The number of aliphatic carboxylic acids is 1. The van der Waals surface area contributed by atoms with Crippen LogP contribution in [-0.4, -0.2) is 42.5 Å². The minimum absolute atomic E-state index is 0.0235. The number of carbonyl (C=O) groups is 1. The number of fused-ring (bicyclic) bond motifs is 2. The van der Waals surface area contributed by atoms with Crippen LogP contribution >= 0.6 is 0 Å². The summed E-state index contributed by atoms with van der Waals surface area (Å²) in [6, 6.07) is 9.59. The van der Waals surface area contributed by atoms with Gasteiger partial charge in [-0.25, -0.2) is 4.39 Å². The highest BCUT2D eigenvalue weighted by Crippen LogP contribution is 2.45. The summed E-state index contributed by atoms with van der Waals surface area (Å²) in [4.78, 5) is 15.8. The van der Waals surface area contributed by atoms with Gasteiger partial charge in [0.1, 0.15) is 17.3 Å². The Morgan fingerprint density at radius 1 is 1.18 bits per heavy atom. The van der Waals surface area contributed by atoms with Gasteiger partial charge >= 0.3 is 5.97 Å². The number of pyridine rings is 1. The highest BCUT2D eigenvalue weighted by Gasteiger charge is 2.35. The van der Waals surface area contributed by atoms with Gasteiger partial charge < -0.3 is 19.3 Å². The average Bonchev–Trinajstić information content (AvgIpc) is 3.47. The molecule has 3 heterocycles. The number of aromatic nitrogens is 1. The molecule has 0 amide bonds. The molecule has 0 spiro atoms. The van der Waals surface area contributed by atoms with Crippen molar-refractivity contribution < 1.29 is 28.5 Å². The Morgan fingerprint density at radius 2 is 1.95 bits per heavy atom. The van der Waals surface area contributed by atoms with Crippen molar-refractivity contribution in [1.82, 2.24) is 4.98 Å². The summed E-state index contributed by atoms with van der Waals surface area (Å²) in [5.41, 5.74) is 8.10. The van der Waals surface area contributed by atoms with Gasteiger partial charge in [0.05, 0.1) is 32.8 Å². The quantitative estimate of drug-likeness (QED) is 0.376. The predicted octanol–water partition coefficient (Wildman–Crippen LogP) is 6.14. The first-order chi connectivity index (χ1) is 18.7. The molecule has 6 nitrogen and oxygen atoms in total. The van der Waals surface area contributed by atoms with Crippen molar-refractivity contribution in [2.45, 2.75) is 58.3 Å². The minimum atomic E-state index is -0.847. The summed E-state index contributed by atoms with van der Waals surface area (Å²) in [6.45, 7) is 8.80. The number of hydrogen-bond acceptors (Lipinski definition) is 5. The minimum Gasteiger partial charge on any atom is -0.493 e. The van der Waals surface area contributed by atoms with Gasteiger partial charge in [0.2, 0.25) is 0 Å². The van der Waals surface area contributed by atoms with Crippen molar-refractivity contribution in [2.24, 2.45) is 5.41 Å². The van der Waals surface area contributed by atoms with Gasteiger partial charge in [0.25, 0.3) is 0 Å². The number of nitrogens with zero attached hydrogens (tertiary/aromatic N) is 1. The maximum absolute atomic E-state index is 15.3. The highest BCUT2D eigenvalue weighted by atomic mass is 19.1. The molecule has 204 valence electrons. The fourth-order valence-corrected chi connectivity index (χ4v) is 6.41. The van der Waals surface area contributed by atoms with E-state index in [2.05, 4.69) is 37.9 Å². The zero-order chi connectivity index (χ0) is 27.3. The molecule has 0 bridgehead atoms.